The van der Waals surface area contributed by atoms with Crippen LogP contribution in [0.2, 0.25) is 0 Å². The molecule has 0 aromatic heterocycles. The topological polar surface area (TPSA) is 72.8 Å². The van der Waals surface area contributed by atoms with E-state index in [2.05, 4.69) is 196 Å². The van der Waals surface area contributed by atoms with Crippen molar-refractivity contribution < 1.29 is 24.2 Å². The van der Waals surface area contributed by atoms with Gasteiger partial charge in [-0.15, -0.1) is 0 Å². The van der Waals surface area contributed by atoms with Crippen LogP contribution in [0, 0.1) is 0 Å². The molecule has 0 radical (unpaired) electrons. The lowest BCUT2D eigenvalue weighted by molar-refractivity contribution is -0.161. The number of carbonyl (C=O) groups excluding carboxylic acids is 2. The molecule has 0 bridgehead atoms. The summed E-state index contributed by atoms with van der Waals surface area (Å²) in [5, 5.41) is 9.72. The van der Waals surface area contributed by atoms with Crippen molar-refractivity contribution in [3.63, 3.8) is 0 Å². The Kier molecular flexibility index (Phi) is 71.9. The molecule has 0 aliphatic rings. The smallest absolute Gasteiger partial charge is 0.306 e. The molecule has 0 amide bonds. The number of rotatable bonds is 65. The number of ether oxygens (including phenoxy) is 2. The third-order valence-corrected chi connectivity index (χ3v) is 15.2. The molecule has 0 fully saturated rings. The van der Waals surface area contributed by atoms with Crippen LogP contribution < -0.4 is 0 Å². The van der Waals surface area contributed by atoms with Gasteiger partial charge in [-0.1, -0.05) is 344 Å². The van der Waals surface area contributed by atoms with E-state index in [1.807, 2.05) is 0 Å². The third kappa shape index (κ3) is 73.5. The van der Waals surface area contributed by atoms with Gasteiger partial charge in [-0.2, -0.15) is 0 Å². The van der Waals surface area contributed by atoms with E-state index < -0.39 is 6.10 Å². The predicted octanol–water partition coefficient (Wildman–Crippen LogP) is 25.8. The Morgan fingerprint density at radius 2 is 0.455 bits per heavy atom. The zero-order valence-corrected chi connectivity index (χ0v) is 56.9. The van der Waals surface area contributed by atoms with Crippen molar-refractivity contribution in [2.24, 2.45) is 0 Å². The Hall–Kier alpha value is -5.00. The molecular weight excluding hydrogens is 1080 g/mol. The quantitative estimate of drug-likeness (QED) is 0.0373. The summed E-state index contributed by atoms with van der Waals surface area (Å²) < 4.78 is 10.8. The summed E-state index contributed by atoms with van der Waals surface area (Å²) in [5.74, 6) is -0.595. The first-order chi connectivity index (χ1) is 43.6. The lowest BCUT2D eigenvalue weighted by Gasteiger charge is -2.15. The van der Waals surface area contributed by atoms with Gasteiger partial charge >= 0.3 is 11.9 Å². The molecular formula is C83H134O5. The van der Waals surface area contributed by atoms with E-state index in [1.165, 1.54) is 148 Å². The standard InChI is InChI=1S/C83H134O5/c1-3-5-7-9-11-13-15-17-19-21-23-25-27-29-31-33-35-37-38-39-40-41-42-43-44-46-48-50-52-54-56-58-60-62-64-66-68-70-72-74-76-78-83(86)88-81(79-84)80-87-82(85)77-75-73-71-69-67-65-63-61-59-57-55-53-51-49-47-45-36-34-32-30-28-26-24-22-20-18-16-14-12-10-8-6-4-2/h5-8,11-14,17-20,23-26,29-32,35-37,39-40,42-43,45,49,51,81,84H,3-4,9-10,15-16,21-22,27-28,33-34,38,41,44,46-48,50,52-80H2,1-2H3/b7-5-,8-6-,13-11-,14-12-,19-17-,20-18-,25-23-,26-24-,31-29-,32-30-,37-35-,40-39-,43-42-,45-36-,51-49-. The Morgan fingerprint density at radius 3 is 0.682 bits per heavy atom. The largest absolute Gasteiger partial charge is 0.462 e. The van der Waals surface area contributed by atoms with Crippen LogP contribution in [0.3, 0.4) is 0 Å². The lowest BCUT2D eigenvalue weighted by Crippen LogP contribution is -2.28. The Balaban J connectivity index is 3.52. The van der Waals surface area contributed by atoms with Crippen LogP contribution >= 0.6 is 0 Å². The molecule has 5 heteroatoms. The van der Waals surface area contributed by atoms with Crippen molar-refractivity contribution in [1.29, 1.82) is 0 Å². The highest BCUT2D eigenvalue weighted by Gasteiger charge is 2.16. The summed E-state index contributed by atoms with van der Waals surface area (Å²) in [6, 6.07) is 0. The van der Waals surface area contributed by atoms with Gasteiger partial charge in [0.15, 0.2) is 6.10 Å². The van der Waals surface area contributed by atoms with E-state index in [0.29, 0.717) is 12.8 Å². The molecule has 0 rings (SSSR count). The number of allylic oxidation sites excluding steroid dienone is 30. The van der Waals surface area contributed by atoms with Gasteiger partial charge < -0.3 is 14.6 Å². The summed E-state index contributed by atoms with van der Waals surface area (Å²) in [6.45, 7) is 3.92. The van der Waals surface area contributed by atoms with Gasteiger partial charge in [0.1, 0.15) is 6.61 Å². The first-order valence-corrected chi connectivity index (χ1v) is 36.3. The molecule has 1 atom stereocenters. The molecule has 0 saturated heterocycles. The van der Waals surface area contributed by atoms with Gasteiger partial charge in [-0.25, -0.2) is 0 Å². The first-order valence-electron chi connectivity index (χ1n) is 36.3. The van der Waals surface area contributed by atoms with Gasteiger partial charge in [-0.3, -0.25) is 9.59 Å². The maximum Gasteiger partial charge on any atom is 0.306 e. The number of unbranched alkanes of at least 4 members (excludes halogenated alkanes) is 27. The van der Waals surface area contributed by atoms with Crippen LogP contribution in [0.25, 0.3) is 0 Å². The fraction of sp³-hybridized carbons (Fsp3) is 0.614. The van der Waals surface area contributed by atoms with Crippen molar-refractivity contribution in [1.82, 2.24) is 0 Å². The Morgan fingerprint density at radius 1 is 0.261 bits per heavy atom. The zero-order chi connectivity index (χ0) is 63.3. The predicted molar refractivity (Wildman–Crippen MR) is 389 cm³/mol. The molecule has 0 aliphatic carbocycles. The fourth-order valence-corrected chi connectivity index (χ4v) is 9.85. The van der Waals surface area contributed by atoms with Crippen LogP contribution in [0.1, 0.15) is 309 Å². The van der Waals surface area contributed by atoms with Crippen molar-refractivity contribution in [3.8, 4) is 0 Å². The van der Waals surface area contributed by atoms with Crippen molar-refractivity contribution >= 4 is 11.9 Å². The van der Waals surface area contributed by atoms with Crippen molar-refractivity contribution in [2.45, 2.75) is 315 Å². The second-order valence-electron chi connectivity index (χ2n) is 23.6. The van der Waals surface area contributed by atoms with Crippen LogP contribution in [0.5, 0.6) is 0 Å². The van der Waals surface area contributed by atoms with Gasteiger partial charge in [0.25, 0.3) is 0 Å². The van der Waals surface area contributed by atoms with Gasteiger partial charge in [-0.05, 0) is 135 Å². The number of aliphatic hydroxyl groups is 1. The minimum absolute atomic E-state index is 0.0747. The van der Waals surface area contributed by atoms with Gasteiger partial charge in [0, 0.05) is 12.8 Å². The molecule has 1 unspecified atom stereocenters. The number of aliphatic hydroxyl groups excluding tert-OH is 1. The highest BCUT2D eigenvalue weighted by molar-refractivity contribution is 5.70. The second-order valence-corrected chi connectivity index (χ2v) is 23.6. The second kappa shape index (κ2) is 76.2. The highest BCUT2D eigenvalue weighted by atomic mass is 16.6. The molecule has 0 aromatic rings. The van der Waals surface area contributed by atoms with E-state index >= 15 is 0 Å². The maximum atomic E-state index is 12.4. The number of hydrogen-bond donors (Lipinski definition) is 1. The molecule has 496 valence electrons. The monoisotopic (exact) mass is 1210 g/mol. The van der Waals surface area contributed by atoms with Crippen LogP contribution in [0.15, 0.2) is 182 Å². The molecule has 0 aliphatic heterocycles. The minimum atomic E-state index is -0.786. The molecule has 0 saturated carbocycles. The van der Waals surface area contributed by atoms with Gasteiger partial charge in [0.05, 0.1) is 6.61 Å². The SMILES string of the molecule is CC/C=C\C/C=C\C/C=C\C/C=C\C/C=C\C/C=C\C/C=C\C/C=C\CCCCCCCCCCCCCCCCCCC(=O)OC(CO)COC(=O)CCCCCCCCCCCCC/C=C\C/C=C\C/C=C\C/C=C\C/C=C\C/C=C\C/C=C\CC. The molecule has 0 spiro atoms. The van der Waals surface area contributed by atoms with E-state index in [-0.39, 0.29) is 25.2 Å². The molecule has 1 N–H and O–H groups in total. The summed E-state index contributed by atoms with van der Waals surface area (Å²) in [7, 11) is 0. The summed E-state index contributed by atoms with van der Waals surface area (Å²) in [5.41, 5.74) is 0. The summed E-state index contributed by atoms with van der Waals surface area (Å²) in [4.78, 5) is 24.7. The lowest BCUT2D eigenvalue weighted by atomic mass is 10.0. The minimum Gasteiger partial charge on any atom is -0.462 e. The molecule has 0 heterocycles. The first kappa shape index (κ1) is 83.0. The average molecular weight is 1210 g/mol. The van der Waals surface area contributed by atoms with E-state index in [1.54, 1.807) is 0 Å². The molecule has 5 nitrogen and oxygen atoms in total. The molecule has 0 aromatic carbocycles. The number of carbonyl (C=O) groups is 2. The van der Waals surface area contributed by atoms with Crippen LogP contribution in [-0.4, -0.2) is 36.4 Å². The third-order valence-electron chi connectivity index (χ3n) is 15.2. The molecule has 88 heavy (non-hydrogen) atoms. The fourth-order valence-electron chi connectivity index (χ4n) is 9.85. The average Bonchev–Trinajstić information content (AvgIpc) is 3.56. The summed E-state index contributed by atoms with van der Waals surface area (Å²) in [6.07, 6.45) is 119. The highest BCUT2D eigenvalue weighted by Crippen LogP contribution is 2.17. The zero-order valence-electron chi connectivity index (χ0n) is 56.9. The van der Waals surface area contributed by atoms with Crippen molar-refractivity contribution in [2.75, 3.05) is 13.2 Å². The van der Waals surface area contributed by atoms with Crippen molar-refractivity contribution in [3.05, 3.63) is 182 Å². The Bertz CT molecular complexity index is 1960. The van der Waals surface area contributed by atoms with E-state index in [9.17, 15) is 14.7 Å². The normalized spacial score (nSPS) is 13.4. The number of esters is 2. The maximum absolute atomic E-state index is 12.4. The summed E-state index contributed by atoms with van der Waals surface area (Å²) >= 11 is 0. The van der Waals surface area contributed by atoms with Crippen LogP contribution in [0.4, 0.5) is 0 Å². The Labute approximate surface area is 544 Å². The number of hydrogen-bond acceptors (Lipinski definition) is 5. The van der Waals surface area contributed by atoms with Gasteiger partial charge in [0.2, 0.25) is 0 Å². The van der Waals surface area contributed by atoms with Crippen LogP contribution in [-0.2, 0) is 19.1 Å². The van der Waals surface area contributed by atoms with E-state index in [0.717, 1.165) is 135 Å². The van der Waals surface area contributed by atoms with E-state index in [4.69, 9.17) is 9.47 Å².